The van der Waals surface area contributed by atoms with Gasteiger partial charge >= 0.3 is 0 Å². The smallest absolute Gasteiger partial charge is 0.257 e. The highest BCUT2D eigenvalue weighted by molar-refractivity contribution is 7.80. The van der Waals surface area contributed by atoms with Gasteiger partial charge in [0, 0.05) is 16.8 Å². The van der Waals surface area contributed by atoms with Gasteiger partial charge in [-0.2, -0.15) is 9.61 Å². The van der Waals surface area contributed by atoms with Crippen molar-refractivity contribution in [3.63, 3.8) is 0 Å². The number of nitrogens with zero attached hydrogens (tertiary/aromatic N) is 4. The number of carbonyl (C=O) groups is 1. The number of anilines is 1. The summed E-state index contributed by atoms with van der Waals surface area (Å²) in [5, 5.41) is 19.5. The number of aryl methyl sites for hydroxylation is 2. The van der Waals surface area contributed by atoms with Crippen molar-refractivity contribution in [2.75, 3.05) is 5.32 Å². The summed E-state index contributed by atoms with van der Waals surface area (Å²) < 4.78 is 1.72. The van der Waals surface area contributed by atoms with E-state index in [1.807, 2.05) is 38.1 Å². The van der Waals surface area contributed by atoms with Gasteiger partial charge < -0.3 is 5.32 Å². The summed E-state index contributed by atoms with van der Waals surface area (Å²) in [6.45, 7) is 3.83. The normalized spacial score (nSPS) is 10.8. The molecule has 0 spiro atoms. The first-order valence-electron chi connectivity index (χ1n) is 8.48. The summed E-state index contributed by atoms with van der Waals surface area (Å²) in [6, 6.07) is 14.9. The van der Waals surface area contributed by atoms with E-state index >= 15 is 0 Å². The van der Waals surface area contributed by atoms with Crippen LogP contribution in [0.15, 0.2) is 48.5 Å². The number of hydrogen-bond acceptors (Lipinski definition) is 6. The van der Waals surface area contributed by atoms with Crippen molar-refractivity contribution in [1.29, 1.82) is 0 Å². The fourth-order valence-electron chi connectivity index (χ4n) is 2.64. The average Bonchev–Trinajstić information content (AvgIpc) is 3.26. The first-order valence-corrected chi connectivity index (χ1v) is 9.71. The van der Waals surface area contributed by atoms with Crippen LogP contribution in [0.5, 0.6) is 0 Å². The van der Waals surface area contributed by atoms with Gasteiger partial charge in [0.2, 0.25) is 4.96 Å². The van der Waals surface area contributed by atoms with E-state index in [-0.39, 0.29) is 11.0 Å². The molecule has 140 valence electrons. The van der Waals surface area contributed by atoms with Crippen LogP contribution in [0.25, 0.3) is 15.5 Å². The third kappa shape index (κ3) is 3.62. The van der Waals surface area contributed by atoms with E-state index in [0.717, 1.165) is 32.6 Å². The molecule has 0 saturated carbocycles. The van der Waals surface area contributed by atoms with Crippen LogP contribution in [0.3, 0.4) is 0 Å². The molecule has 0 aliphatic rings. The third-order valence-electron chi connectivity index (χ3n) is 4.14. The number of benzene rings is 2. The summed E-state index contributed by atoms with van der Waals surface area (Å²) in [5.74, 6) is 0.490. The molecule has 0 aliphatic carbocycles. The fraction of sp³-hybridized carbons (Fsp3) is 0.105. The van der Waals surface area contributed by atoms with Crippen molar-refractivity contribution < 1.29 is 4.79 Å². The van der Waals surface area contributed by atoms with E-state index in [2.05, 4.69) is 25.9 Å². The molecule has 2 N–H and O–H groups in total. The Balaban J connectivity index is 1.53. The second-order valence-corrected chi connectivity index (χ2v) is 7.52. The van der Waals surface area contributed by atoms with Gasteiger partial charge in [0.15, 0.2) is 10.9 Å². The van der Waals surface area contributed by atoms with Gasteiger partial charge in [-0.25, -0.2) is 0 Å². The molecule has 0 radical (unpaired) electrons. The molecule has 2 aromatic heterocycles. The van der Waals surface area contributed by atoms with E-state index in [4.69, 9.17) is 12.2 Å². The van der Waals surface area contributed by atoms with Crippen LogP contribution in [-0.4, -0.2) is 30.8 Å². The molecule has 4 rings (SSSR count). The Morgan fingerprint density at radius 3 is 2.64 bits per heavy atom. The molecule has 2 heterocycles. The first kappa shape index (κ1) is 18.2. The maximum absolute atomic E-state index is 12.3. The lowest BCUT2D eigenvalue weighted by atomic mass is 10.1. The number of carbonyl (C=O) groups excluding carboxylic acids is 1. The van der Waals surface area contributed by atoms with E-state index in [0.29, 0.717) is 5.56 Å². The predicted molar refractivity (Wildman–Crippen MR) is 114 cm³/mol. The molecule has 0 atom stereocenters. The lowest BCUT2D eigenvalue weighted by Crippen LogP contribution is -2.34. The summed E-state index contributed by atoms with van der Waals surface area (Å²) in [4.78, 5) is 13.0. The van der Waals surface area contributed by atoms with Crippen molar-refractivity contribution in [1.82, 2.24) is 25.1 Å². The highest BCUT2D eigenvalue weighted by Crippen LogP contribution is 2.29. The zero-order valence-corrected chi connectivity index (χ0v) is 16.8. The molecular weight excluding hydrogens is 392 g/mol. The molecule has 0 fully saturated rings. The van der Waals surface area contributed by atoms with Crippen molar-refractivity contribution in [3.8, 4) is 10.6 Å². The largest absolute Gasteiger partial charge is 0.332 e. The maximum atomic E-state index is 12.3. The molecule has 0 aliphatic heterocycles. The molecule has 0 saturated heterocycles. The van der Waals surface area contributed by atoms with Gasteiger partial charge in [-0.3, -0.25) is 10.1 Å². The highest BCUT2D eigenvalue weighted by atomic mass is 32.1. The average molecular weight is 409 g/mol. The van der Waals surface area contributed by atoms with Crippen molar-refractivity contribution in [2.24, 2.45) is 0 Å². The lowest BCUT2D eigenvalue weighted by Gasteiger charge is -2.12. The lowest BCUT2D eigenvalue weighted by molar-refractivity contribution is 0.0977. The molecule has 4 aromatic rings. The minimum Gasteiger partial charge on any atom is -0.332 e. The molecular formula is C19H16N6OS2. The van der Waals surface area contributed by atoms with Gasteiger partial charge in [0.1, 0.15) is 5.01 Å². The topological polar surface area (TPSA) is 84.2 Å². The van der Waals surface area contributed by atoms with E-state index in [9.17, 15) is 4.79 Å². The maximum Gasteiger partial charge on any atom is 0.257 e. The molecule has 2 aromatic carbocycles. The zero-order valence-electron chi connectivity index (χ0n) is 15.1. The first-order chi connectivity index (χ1) is 13.5. The van der Waals surface area contributed by atoms with Gasteiger partial charge in [0.25, 0.3) is 5.91 Å². The molecule has 9 heteroatoms. The number of fused-ring (bicyclic) bond motifs is 1. The highest BCUT2D eigenvalue weighted by Gasteiger charge is 2.13. The minimum atomic E-state index is -0.254. The predicted octanol–water partition coefficient (Wildman–Crippen LogP) is 3.60. The van der Waals surface area contributed by atoms with Gasteiger partial charge in [-0.1, -0.05) is 41.7 Å². The summed E-state index contributed by atoms with van der Waals surface area (Å²) in [5.41, 5.74) is 3.28. The number of thiocarbonyl (C=S) groups is 1. The fourth-order valence-corrected chi connectivity index (χ4v) is 3.72. The second-order valence-electron chi connectivity index (χ2n) is 6.15. The van der Waals surface area contributed by atoms with Crippen molar-refractivity contribution in [2.45, 2.75) is 13.8 Å². The number of aromatic nitrogens is 4. The standard InChI is InChI=1S/C19H16N6OS2/c1-11-8-9-14(17-24-25-12(2)22-23-19(25)28-17)10-15(11)20-18(27)21-16(26)13-6-4-3-5-7-13/h3-10H,1-2H3,(H2,20,21,26,27). The van der Waals surface area contributed by atoms with Crippen LogP contribution in [-0.2, 0) is 0 Å². The molecule has 7 nitrogen and oxygen atoms in total. The van der Waals surface area contributed by atoms with Crippen LogP contribution in [0.1, 0.15) is 21.7 Å². The van der Waals surface area contributed by atoms with Crippen molar-refractivity contribution >= 4 is 45.2 Å². The summed E-state index contributed by atoms with van der Waals surface area (Å²) in [7, 11) is 0. The second kappa shape index (κ2) is 7.45. The molecule has 1 amide bonds. The van der Waals surface area contributed by atoms with E-state index in [1.165, 1.54) is 11.3 Å². The number of amides is 1. The number of hydrogen-bond donors (Lipinski definition) is 2. The quantitative estimate of drug-likeness (QED) is 0.504. The Morgan fingerprint density at radius 2 is 1.89 bits per heavy atom. The zero-order chi connectivity index (χ0) is 19.7. The Hall–Kier alpha value is -3.17. The van der Waals surface area contributed by atoms with Crippen molar-refractivity contribution in [3.05, 3.63) is 65.5 Å². The Bertz CT molecular complexity index is 1180. The molecule has 0 bridgehead atoms. The van der Waals surface area contributed by atoms with Crippen LogP contribution >= 0.6 is 23.6 Å². The monoisotopic (exact) mass is 408 g/mol. The SMILES string of the molecule is Cc1ccc(-c2nn3c(C)nnc3s2)cc1NC(=S)NC(=O)c1ccccc1. The summed E-state index contributed by atoms with van der Waals surface area (Å²) in [6.07, 6.45) is 0. The summed E-state index contributed by atoms with van der Waals surface area (Å²) >= 11 is 6.77. The van der Waals surface area contributed by atoms with E-state index in [1.54, 1.807) is 28.8 Å². The number of nitrogens with one attached hydrogen (secondary N) is 2. The number of rotatable bonds is 3. The molecule has 0 unspecified atom stereocenters. The minimum absolute atomic E-state index is 0.239. The van der Waals surface area contributed by atoms with Gasteiger partial charge in [-0.05, 0) is 49.8 Å². The van der Waals surface area contributed by atoms with Crippen LogP contribution in [0.2, 0.25) is 0 Å². The van der Waals surface area contributed by atoms with Crippen LogP contribution in [0, 0.1) is 13.8 Å². The Labute approximate surface area is 170 Å². The van der Waals surface area contributed by atoms with Crippen LogP contribution in [0.4, 0.5) is 5.69 Å². The molecule has 28 heavy (non-hydrogen) atoms. The third-order valence-corrected chi connectivity index (χ3v) is 5.29. The Morgan fingerprint density at radius 1 is 1.11 bits per heavy atom. The van der Waals surface area contributed by atoms with E-state index < -0.39 is 0 Å². The Kier molecular flexibility index (Phi) is 4.84. The van der Waals surface area contributed by atoms with Gasteiger partial charge in [0.05, 0.1) is 0 Å². The van der Waals surface area contributed by atoms with Crippen LogP contribution < -0.4 is 10.6 Å². The van der Waals surface area contributed by atoms with Gasteiger partial charge in [-0.15, -0.1) is 10.2 Å².